The Hall–Kier alpha value is -3.55. The number of benzene rings is 2. The van der Waals surface area contributed by atoms with Gasteiger partial charge < -0.3 is 9.15 Å². The Morgan fingerprint density at radius 3 is 2.43 bits per heavy atom. The van der Waals surface area contributed by atoms with Crippen molar-refractivity contribution in [1.29, 1.82) is 0 Å². The largest absolute Gasteiger partial charge is 0.452 e. The summed E-state index contributed by atoms with van der Waals surface area (Å²) >= 11 is 0. The second kappa shape index (κ2) is 8.43. The first-order valence-electron chi connectivity index (χ1n) is 8.83. The van der Waals surface area contributed by atoms with Gasteiger partial charge in [-0.2, -0.15) is 0 Å². The topological polar surface area (TPSA) is 108 Å². The third-order valence-corrected chi connectivity index (χ3v) is 4.30. The lowest BCUT2D eigenvalue weighted by atomic mass is 9.97. The molecular formula is C20H19N3O5. The molecule has 0 aliphatic rings. The number of rotatable bonds is 7. The summed E-state index contributed by atoms with van der Waals surface area (Å²) < 4.78 is 11.1. The number of carbonyl (C=O) groups excluding carboxylic acids is 1. The number of esters is 1. The van der Waals surface area contributed by atoms with Gasteiger partial charge in [0.15, 0.2) is 6.10 Å². The first kappa shape index (κ1) is 19.2. The van der Waals surface area contributed by atoms with Gasteiger partial charge in [-0.15, -0.1) is 10.2 Å². The lowest BCUT2D eigenvalue weighted by molar-refractivity contribution is -0.384. The van der Waals surface area contributed by atoms with Crippen LogP contribution in [0.3, 0.4) is 0 Å². The highest BCUT2D eigenvalue weighted by Crippen LogP contribution is 2.27. The van der Waals surface area contributed by atoms with Crippen LogP contribution in [0.5, 0.6) is 0 Å². The van der Waals surface area contributed by atoms with Crippen LogP contribution in [-0.4, -0.2) is 21.1 Å². The molecule has 0 aliphatic carbocycles. The van der Waals surface area contributed by atoms with E-state index in [0.717, 1.165) is 5.56 Å². The summed E-state index contributed by atoms with van der Waals surface area (Å²) in [5, 5.41) is 18.6. The van der Waals surface area contributed by atoms with E-state index in [4.69, 9.17) is 9.15 Å². The molecule has 144 valence electrons. The van der Waals surface area contributed by atoms with Crippen LogP contribution in [0.4, 0.5) is 5.69 Å². The second-order valence-corrected chi connectivity index (χ2v) is 6.20. The van der Waals surface area contributed by atoms with Gasteiger partial charge in [-0.25, -0.2) is 0 Å². The van der Waals surface area contributed by atoms with Gasteiger partial charge in [0.2, 0.25) is 5.89 Å². The highest BCUT2D eigenvalue weighted by atomic mass is 16.6. The molecule has 1 aromatic heterocycles. The van der Waals surface area contributed by atoms with E-state index < -0.39 is 11.0 Å². The maximum Gasteiger partial charge on any atom is 0.314 e. The summed E-state index contributed by atoms with van der Waals surface area (Å²) in [6, 6.07) is 15.2. The zero-order chi connectivity index (χ0) is 20.1. The first-order chi connectivity index (χ1) is 13.5. The van der Waals surface area contributed by atoms with E-state index in [0.29, 0.717) is 12.0 Å². The summed E-state index contributed by atoms with van der Waals surface area (Å²) in [4.78, 5) is 22.8. The Morgan fingerprint density at radius 2 is 1.82 bits per heavy atom. The summed E-state index contributed by atoms with van der Waals surface area (Å²) in [7, 11) is 0. The second-order valence-electron chi connectivity index (χ2n) is 6.20. The van der Waals surface area contributed by atoms with Crippen LogP contribution in [0.15, 0.2) is 59.0 Å². The van der Waals surface area contributed by atoms with Gasteiger partial charge in [-0.3, -0.25) is 14.9 Å². The molecular weight excluding hydrogens is 362 g/mol. The monoisotopic (exact) mass is 381 g/mol. The molecule has 0 fully saturated rings. The molecule has 2 unspecified atom stereocenters. The van der Waals surface area contributed by atoms with Crippen LogP contribution in [0.25, 0.3) is 11.5 Å². The van der Waals surface area contributed by atoms with Crippen LogP contribution in [0.1, 0.15) is 43.7 Å². The van der Waals surface area contributed by atoms with Crippen molar-refractivity contribution in [3.05, 3.63) is 76.2 Å². The van der Waals surface area contributed by atoms with E-state index >= 15 is 0 Å². The molecule has 3 rings (SSSR count). The minimum atomic E-state index is -0.718. The zero-order valence-electron chi connectivity index (χ0n) is 15.4. The summed E-state index contributed by atoms with van der Waals surface area (Å²) in [5.41, 5.74) is 1.40. The summed E-state index contributed by atoms with van der Waals surface area (Å²) in [5.74, 6) is -0.385. The quantitative estimate of drug-likeness (QED) is 0.338. The molecule has 0 amide bonds. The van der Waals surface area contributed by atoms with Crippen molar-refractivity contribution in [2.24, 2.45) is 0 Å². The van der Waals surface area contributed by atoms with Crippen molar-refractivity contribution in [1.82, 2.24) is 10.2 Å². The van der Waals surface area contributed by atoms with E-state index in [1.54, 1.807) is 6.92 Å². The van der Waals surface area contributed by atoms with Crippen LogP contribution in [-0.2, 0) is 9.53 Å². The number of aromatic nitrogens is 2. The molecule has 1 heterocycles. The number of hydrogen-bond donors (Lipinski definition) is 0. The molecule has 0 bridgehead atoms. The number of non-ortho nitro benzene ring substituents is 1. The molecule has 8 nitrogen and oxygen atoms in total. The summed E-state index contributed by atoms with van der Waals surface area (Å²) in [6.07, 6.45) is -0.113. The SMILES string of the molecule is CCC(C(=O)OC(C)c1nnc(-c2ccc([N+](=O)[O-])cc2)o1)c1ccccc1. The minimum absolute atomic E-state index is 0.0303. The number of carbonyl (C=O) groups is 1. The third kappa shape index (κ3) is 4.22. The van der Waals surface area contributed by atoms with Crippen molar-refractivity contribution in [3.8, 4) is 11.5 Å². The zero-order valence-corrected chi connectivity index (χ0v) is 15.4. The van der Waals surface area contributed by atoms with Gasteiger partial charge in [-0.05, 0) is 31.0 Å². The molecule has 0 saturated heterocycles. The Bertz CT molecular complexity index is 953. The van der Waals surface area contributed by atoms with E-state index in [2.05, 4.69) is 10.2 Å². The van der Waals surface area contributed by atoms with Crippen molar-refractivity contribution >= 4 is 11.7 Å². The van der Waals surface area contributed by atoms with Gasteiger partial charge in [0.25, 0.3) is 11.6 Å². The molecule has 0 N–H and O–H groups in total. The number of ether oxygens (including phenoxy) is 1. The molecule has 28 heavy (non-hydrogen) atoms. The number of hydrogen-bond acceptors (Lipinski definition) is 7. The van der Waals surface area contributed by atoms with E-state index in [1.165, 1.54) is 24.3 Å². The van der Waals surface area contributed by atoms with Crippen molar-refractivity contribution in [3.63, 3.8) is 0 Å². The highest BCUT2D eigenvalue weighted by Gasteiger charge is 2.25. The Balaban J connectivity index is 1.70. The van der Waals surface area contributed by atoms with Gasteiger partial charge in [0.05, 0.1) is 10.8 Å². The average molecular weight is 381 g/mol. The molecule has 3 aromatic rings. The molecule has 0 aliphatic heterocycles. The Labute approximate surface area is 161 Å². The Kier molecular flexibility index (Phi) is 5.78. The smallest absolute Gasteiger partial charge is 0.314 e. The van der Waals surface area contributed by atoms with Gasteiger partial charge in [0.1, 0.15) is 0 Å². The van der Waals surface area contributed by atoms with Gasteiger partial charge in [0, 0.05) is 17.7 Å². The van der Waals surface area contributed by atoms with Gasteiger partial charge >= 0.3 is 5.97 Å². The van der Waals surface area contributed by atoms with Gasteiger partial charge in [-0.1, -0.05) is 37.3 Å². The predicted octanol–water partition coefficient (Wildman–Crippen LogP) is 4.44. The maximum absolute atomic E-state index is 12.6. The van der Waals surface area contributed by atoms with Crippen molar-refractivity contribution in [2.45, 2.75) is 32.3 Å². The van der Waals surface area contributed by atoms with Crippen molar-refractivity contribution in [2.75, 3.05) is 0 Å². The highest BCUT2D eigenvalue weighted by molar-refractivity contribution is 5.78. The third-order valence-electron chi connectivity index (χ3n) is 4.30. The van der Waals surface area contributed by atoms with E-state index in [9.17, 15) is 14.9 Å². The van der Waals surface area contributed by atoms with Crippen molar-refractivity contribution < 1.29 is 18.9 Å². The molecule has 0 radical (unpaired) electrons. The maximum atomic E-state index is 12.6. The van der Waals surface area contributed by atoms with E-state index in [-0.39, 0.29) is 29.4 Å². The number of nitro benzene ring substituents is 1. The predicted molar refractivity (Wildman–Crippen MR) is 100 cm³/mol. The molecule has 8 heteroatoms. The lowest BCUT2D eigenvalue weighted by Crippen LogP contribution is -2.17. The number of nitro groups is 1. The fraction of sp³-hybridized carbons (Fsp3) is 0.250. The number of nitrogens with zero attached hydrogens (tertiary/aromatic N) is 3. The lowest BCUT2D eigenvalue weighted by Gasteiger charge is -2.16. The fourth-order valence-corrected chi connectivity index (χ4v) is 2.77. The average Bonchev–Trinajstić information content (AvgIpc) is 3.20. The molecule has 2 aromatic carbocycles. The normalized spacial score (nSPS) is 12.9. The van der Waals surface area contributed by atoms with Crippen LogP contribution < -0.4 is 0 Å². The molecule has 0 saturated carbocycles. The van der Waals surface area contributed by atoms with Crippen LogP contribution in [0, 0.1) is 10.1 Å². The first-order valence-corrected chi connectivity index (χ1v) is 8.83. The fourth-order valence-electron chi connectivity index (χ4n) is 2.77. The minimum Gasteiger partial charge on any atom is -0.452 e. The van der Waals surface area contributed by atoms with Crippen LogP contribution >= 0.6 is 0 Å². The van der Waals surface area contributed by atoms with E-state index in [1.807, 2.05) is 37.3 Å². The molecule has 0 spiro atoms. The van der Waals surface area contributed by atoms with Crippen LogP contribution in [0.2, 0.25) is 0 Å². The Morgan fingerprint density at radius 1 is 1.14 bits per heavy atom. The molecule has 2 atom stereocenters. The standard InChI is InChI=1S/C20H19N3O5/c1-3-17(14-7-5-4-6-8-14)20(24)27-13(2)18-21-22-19(28-18)15-9-11-16(12-10-15)23(25)26/h4-13,17H,3H2,1-2H3. The summed E-state index contributed by atoms with van der Waals surface area (Å²) in [6.45, 7) is 3.58.